The van der Waals surface area contributed by atoms with E-state index in [4.69, 9.17) is 4.74 Å². The Hall–Kier alpha value is -1.92. The molecule has 2 saturated heterocycles. The van der Waals surface area contributed by atoms with Gasteiger partial charge in [0.1, 0.15) is 5.82 Å². The fourth-order valence-corrected chi connectivity index (χ4v) is 4.06. The topological polar surface area (TPSA) is 33.5 Å². The molecular weight excluding hydrogens is 319 g/mol. The van der Waals surface area contributed by atoms with Crippen molar-refractivity contribution in [2.75, 3.05) is 37.7 Å². The maximum atomic E-state index is 13.6. The number of anilines is 1. The zero-order valence-corrected chi connectivity index (χ0v) is 14.7. The number of ether oxygens (including phenoxy) is 1. The lowest BCUT2D eigenvalue weighted by atomic mass is 9.90. The summed E-state index contributed by atoms with van der Waals surface area (Å²) in [5, 5.41) is 0. The van der Waals surface area contributed by atoms with Gasteiger partial charge in [-0.15, -0.1) is 0 Å². The van der Waals surface area contributed by atoms with Crippen molar-refractivity contribution in [1.82, 2.24) is 14.5 Å². The lowest BCUT2D eigenvalue weighted by molar-refractivity contribution is -0.116. The first kappa shape index (κ1) is 16.5. The molecule has 2 aromatic rings. The number of benzene rings is 1. The molecule has 2 aliphatic rings. The van der Waals surface area contributed by atoms with Crippen LogP contribution in [0.5, 0.6) is 0 Å². The average molecular weight is 344 g/mol. The summed E-state index contributed by atoms with van der Waals surface area (Å²) in [5.41, 5.74) is 2.00. The molecule has 0 radical (unpaired) electrons. The van der Waals surface area contributed by atoms with E-state index < -0.39 is 0 Å². The molecule has 25 heavy (non-hydrogen) atoms. The van der Waals surface area contributed by atoms with Crippen molar-refractivity contribution in [3.63, 3.8) is 0 Å². The Morgan fingerprint density at radius 1 is 1.28 bits per heavy atom. The quantitative estimate of drug-likeness (QED) is 0.856. The second kappa shape index (κ2) is 6.77. The number of aryl methyl sites for hydroxylation is 1. The molecule has 0 N–H and O–H groups in total. The zero-order chi connectivity index (χ0) is 17.3. The van der Waals surface area contributed by atoms with E-state index in [9.17, 15) is 4.39 Å². The Balaban J connectivity index is 1.47. The number of piperidine rings is 1. The first-order chi connectivity index (χ1) is 12.1. The van der Waals surface area contributed by atoms with Crippen LogP contribution in [-0.4, -0.2) is 52.8 Å². The third-order valence-electron chi connectivity index (χ3n) is 5.34. The van der Waals surface area contributed by atoms with Crippen LogP contribution in [0.15, 0.2) is 36.8 Å². The van der Waals surface area contributed by atoms with Crippen molar-refractivity contribution in [3.05, 3.63) is 48.3 Å². The predicted octanol–water partition coefficient (Wildman–Crippen LogP) is 2.43. The van der Waals surface area contributed by atoms with E-state index in [0.29, 0.717) is 0 Å². The molecule has 0 bridgehead atoms. The van der Waals surface area contributed by atoms with E-state index >= 15 is 0 Å². The second-order valence-corrected chi connectivity index (χ2v) is 7.24. The summed E-state index contributed by atoms with van der Waals surface area (Å²) < 4.78 is 21.9. The van der Waals surface area contributed by atoms with Gasteiger partial charge in [-0.05, 0) is 31.0 Å². The van der Waals surface area contributed by atoms with Gasteiger partial charge in [0.05, 0.1) is 24.2 Å². The summed E-state index contributed by atoms with van der Waals surface area (Å²) in [6.07, 6.45) is 5.90. The van der Waals surface area contributed by atoms with Crippen LogP contribution >= 0.6 is 0 Å². The number of nitrogens with zero attached hydrogens (tertiary/aromatic N) is 4. The third-order valence-corrected chi connectivity index (χ3v) is 5.34. The van der Waals surface area contributed by atoms with Crippen LogP contribution in [0.4, 0.5) is 10.1 Å². The number of hydrogen-bond acceptors (Lipinski definition) is 4. The molecule has 4 rings (SSSR count). The normalized spacial score (nSPS) is 24.8. The van der Waals surface area contributed by atoms with E-state index in [-0.39, 0.29) is 11.4 Å². The van der Waals surface area contributed by atoms with Crippen LogP contribution in [0.25, 0.3) is 0 Å². The summed E-state index contributed by atoms with van der Waals surface area (Å²) in [7, 11) is 2.03. The van der Waals surface area contributed by atoms with E-state index in [1.807, 2.05) is 25.6 Å². The second-order valence-electron chi connectivity index (χ2n) is 7.24. The Labute approximate surface area is 148 Å². The number of aromatic nitrogens is 2. The molecule has 5 nitrogen and oxygen atoms in total. The Morgan fingerprint density at radius 2 is 2.20 bits per heavy atom. The molecule has 2 fully saturated rings. The smallest absolute Gasteiger partial charge is 0.125 e. The molecule has 134 valence electrons. The van der Waals surface area contributed by atoms with Gasteiger partial charge in [-0.1, -0.05) is 6.07 Å². The highest BCUT2D eigenvalue weighted by molar-refractivity contribution is 5.47. The van der Waals surface area contributed by atoms with Gasteiger partial charge >= 0.3 is 0 Å². The molecule has 3 heterocycles. The molecule has 2 aliphatic heterocycles. The van der Waals surface area contributed by atoms with Crippen LogP contribution in [0.3, 0.4) is 0 Å². The number of rotatable bonds is 3. The van der Waals surface area contributed by atoms with E-state index in [2.05, 4.69) is 19.4 Å². The minimum absolute atomic E-state index is 0.165. The lowest BCUT2D eigenvalue weighted by Gasteiger charge is -2.48. The van der Waals surface area contributed by atoms with Gasteiger partial charge in [0.25, 0.3) is 0 Å². The van der Waals surface area contributed by atoms with Gasteiger partial charge < -0.3 is 14.2 Å². The minimum Gasteiger partial charge on any atom is -0.370 e. The van der Waals surface area contributed by atoms with Gasteiger partial charge in [-0.3, -0.25) is 4.90 Å². The van der Waals surface area contributed by atoms with E-state index in [1.165, 1.54) is 11.8 Å². The highest BCUT2D eigenvalue weighted by Crippen LogP contribution is 2.32. The number of imidazole rings is 1. The van der Waals surface area contributed by atoms with Crippen LogP contribution in [-0.2, 0) is 18.3 Å². The van der Waals surface area contributed by atoms with Crippen molar-refractivity contribution in [2.24, 2.45) is 7.05 Å². The number of halogens is 1. The van der Waals surface area contributed by atoms with Gasteiger partial charge in [0.2, 0.25) is 0 Å². The highest BCUT2D eigenvalue weighted by atomic mass is 19.1. The molecule has 0 unspecified atom stereocenters. The van der Waals surface area contributed by atoms with Crippen molar-refractivity contribution in [1.29, 1.82) is 0 Å². The van der Waals surface area contributed by atoms with Crippen LogP contribution in [0.1, 0.15) is 18.5 Å². The maximum absolute atomic E-state index is 13.6. The van der Waals surface area contributed by atoms with Crippen molar-refractivity contribution >= 4 is 5.69 Å². The summed E-state index contributed by atoms with van der Waals surface area (Å²) in [6, 6.07) is 6.88. The fourth-order valence-electron chi connectivity index (χ4n) is 4.06. The molecule has 1 spiro atoms. The van der Waals surface area contributed by atoms with Crippen molar-refractivity contribution < 1.29 is 9.13 Å². The van der Waals surface area contributed by atoms with Gasteiger partial charge in [-0.2, -0.15) is 0 Å². The van der Waals surface area contributed by atoms with Gasteiger partial charge in [0, 0.05) is 51.7 Å². The third kappa shape index (κ3) is 3.55. The Bertz CT molecular complexity index is 730. The SMILES string of the molecule is Cn1cncc1CN1CCO[C@]2(CCCN(c3cccc(F)c3)C2)C1. The Kier molecular flexibility index (Phi) is 4.48. The molecule has 1 atom stereocenters. The van der Waals surface area contributed by atoms with Crippen molar-refractivity contribution in [3.8, 4) is 0 Å². The van der Waals surface area contributed by atoms with Gasteiger partial charge in [0.15, 0.2) is 0 Å². The standard InChI is InChI=1S/C19H25FN4O/c1-22-15-21-11-18(22)12-23-8-9-25-19(13-23)6-3-7-24(14-19)17-5-2-4-16(20)10-17/h2,4-5,10-11,15H,3,6-9,12-14H2,1H3/t19-/m1/s1. The number of hydrogen-bond donors (Lipinski definition) is 0. The molecule has 0 saturated carbocycles. The summed E-state index contributed by atoms with van der Waals surface area (Å²) >= 11 is 0. The molecule has 1 aromatic carbocycles. The molecular formula is C19H25FN4O. The fraction of sp³-hybridized carbons (Fsp3) is 0.526. The van der Waals surface area contributed by atoms with Crippen LogP contribution in [0.2, 0.25) is 0 Å². The monoisotopic (exact) mass is 344 g/mol. The summed E-state index contributed by atoms with van der Waals surface area (Å²) in [5.74, 6) is -0.181. The summed E-state index contributed by atoms with van der Waals surface area (Å²) in [4.78, 5) is 8.93. The molecule has 1 aromatic heterocycles. The molecule has 0 aliphatic carbocycles. The molecule has 6 heteroatoms. The van der Waals surface area contributed by atoms with E-state index in [0.717, 1.165) is 57.9 Å². The first-order valence-corrected chi connectivity index (χ1v) is 8.96. The van der Waals surface area contributed by atoms with Crippen molar-refractivity contribution in [2.45, 2.75) is 25.0 Å². The Morgan fingerprint density at radius 3 is 3.00 bits per heavy atom. The zero-order valence-electron chi connectivity index (χ0n) is 14.7. The van der Waals surface area contributed by atoms with Crippen LogP contribution in [0, 0.1) is 5.82 Å². The predicted molar refractivity (Wildman–Crippen MR) is 95.0 cm³/mol. The van der Waals surface area contributed by atoms with E-state index in [1.54, 1.807) is 12.1 Å². The maximum Gasteiger partial charge on any atom is 0.125 e. The van der Waals surface area contributed by atoms with Crippen LogP contribution < -0.4 is 4.90 Å². The van der Waals surface area contributed by atoms with Gasteiger partial charge in [-0.25, -0.2) is 9.37 Å². The highest BCUT2D eigenvalue weighted by Gasteiger charge is 2.40. The lowest BCUT2D eigenvalue weighted by Crippen LogP contribution is -2.59. The molecule has 0 amide bonds. The number of morpholine rings is 1. The first-order valence-electron chi connectivity index (χ1n) is 8.96. The minimum atomic E-state index is -0.181. The summed E-state index contributed by atoms with van der Waals surface area (Å²) in [6.45, 7) is 5.25. The average Bonchev–Trinajstić information content (AvgIpc) is 3.00. The largest absolute Gasteiger partial charge is 0.370 e.